The van der Waals surface area contributed by atoms with Gasteiger partial charge in [0.05, 0.1) is 16.3 Å². The molecule has 0 atom stereocenters. The van der Waals surface area contributed by atoms with E-state index in [0.29, 0.717) is 16.5 Å². The predicted molar refractivity (Wildman–Crippen MR) is 156 cm³/mol. The van der Waals surface area contributed by atoms with E-state index in [4.69, 9.17) is 32.7 Å². The van der Waals surface area contributed by atoms with Crippen LogP contribution < -0.4 is 14.8 Å². The second-order valence-corrected chi connectivity index (χ2v) is 14.8. The van der Waals surface area contributed by atoms with Crippen molar-refractivity contribution in [2.24, 2.45) is 0 Å². The fraction of sp³-hybridized carbons (Fsp3) is 0.161. The topological polar surface area (TPSA) is 29.5 Å². The van der Waals surface area contributed by atoms with E-state index >= 15 is 0 Å². The first-order valence-corrected chi connectivity index (χ1v) is 14.6. The first-order valence-electron chi connectivity index (χ1n) is 11.9. The highest BCUT2D eigenvalue weighted by Crippen LogP contribution is 2.40. The molecule has 1 N–H and O–H groups in total. The maximum atomic E-state index is 8.95. The van der Waals surface area contributed by atoms with Crippen molar-refractivity contribution < 1.29 is 9.53 Å². The standard InChI is InChI=1S/C31H30Cl2O2Si/c1-31(2,3)36(26-12-6-4-7-13-26,27-14-8-5-9-15-27)35-25-18-16-24(17-19-25)30-28(32)21-23(11-10-20-34)22-29(30)33/h4-10,12-22,34H,11H2,1-3H3. The van der Waals surface area contributed by atoms with Crippen molar-refractivity contribution in [1.29, 1.82) is 0 Å². The van der Waals surface area contributed by atoms with Crippen LogP contribution in [0.2, 0.25) is 15.1 Å². The number of rotatable bonds is 7. The highest BCUT2D eigenvalue weighted by atomic mass is 35.5. The van der Waals surface area contributed by atoms with Gasteiger partial charge >= 0.3 is 8.32 Å². The average molecular weight is 534 g/mol. The number of hydrogen-bond acceptors (Lipinski definition) is 2. The first-order chi connectivity index (χ1) is 17.3. The molecule has 0 bridgehead atoms. The Labute approximate surface area is 224 Å². The molecule has 0 spiro atoms. The van der Waals surface area contributed by atoms with Gasteiger partial charge in [-0.3, -0.25) is 0 Å². The molecule has 0 aromatic heterocycles. The maximum absolute atomic E-state index is 8.95. The summed E-state index contributed by atoms with van der Waals surface area (Å²) in [6, 6.07) is 33.0. The molecule has 0 radical (unpaired) electrons. The van der Waals surface area contributed by atoms with E-state index in [0.717, 1.165) is 28.7 Å². The molecule has 0 unspecified atom stereocenters. The van der Waals surface area contributed by atoms with Gasteiger partial charge in [0.1, 0.15) is 5.75 Å². The molecule has 0 heterocycles. The summed E-state index contributed by atoms with van der Waals surface area (Å²) in [6.45, 7) is 6.79. The van der Waals surface area contributed by atoms with Crippen molar-refractivity contribution in [3.63, 3.8) is 0 Å². The molecule has 0 amide bonds. The van der Waals surface area contributed by atoms with Crippen molar-refractivity contribution in [3.8, 4) is 16.9 Å². The third-order valence-corrected chi connectivity index (χ3v) is 11.9. The van der Waals surface area contributed by atoms with E-state index in [1.165, 1.54) is 10.4 Å². The summed E-state index contributed by atoms with van der Waals surface area (Å²) in [6.07, 6.45) is 3.24. The van der Waals surface area contributed by atoms with Gasteiger partial charge in [0.25, 0.3) is 0 Å². The van der Waals surface area contributed by atoms with Crippen LogP contribution in [0.15, 0.2) is 109 Å². The molecule has 0 saturated carbocycles. The molecule has 0 saturated heterocycles. The number of aliphatic hydroxyl groups excluding tert-OH is 1. The second-order valence-electron chi connectivity index (χ2n) is 9.81. The first kappa shape index (κ1) is 26.1. The molecule has 2 nitrogen and oxygen atoms in total. The third kappa shape index (κ3) is 5.24. The summed E-state index contributed by atoms with van der Waals surface area (Å²) in [5.74, 6) is 0.810. The van der Waals surface area contributed by atoms with Gasteiger partial charge in [-0.1, -0.05) is 117 Å². The molecule has 5 heteroatoms. The van der Waals surface area contributed by atoms with Gasteiger partial charge in [0.15, 0.2) is 0 Å². The van der Waals surface area contributed by atoms with Crippen LogP contribution in [-0.2, 0) is 6.42 Å². The largest absolute Gasteiger partial charge is 0.534 e. The SMILES string of the molecule is CC(C)(C)[Si](Oc1ccc(-c2c(Cl)cc(CC=CO)cc2Cl)cc1)(c1ccccc1)c1ccccc1. The molecular formula is C31H30Cl2O2Si. The van der Waals surface area contributed by atoms with Crippen LogP contribution in [0.25, 0.3) is 11.1 Å². The number of aliphatic hydroxyl groups is 1. The Bertz CT molecular complexity index is 1270. The minimum absolute atomic E-state index is 0.125. The zero-order valence-electron chi connectivity index (χ0n) is 20.7. The molecule has 36 heavy (non-hydrogen) atoms. The van der Waals surface area contributed by atoms with Gasteiger partial charge in [-0.2, -0.15) is 0 Å². The third-order valence-electron chi connectivity index (χ3n) is 6.39. The number of halogens is 2. The van der Waals surface area contributed by atoms with E-state index in [1.54, 1.807) is 6.08 Å². The monoisotopic (exact) mass is 532 g/mol. The summed E-state index contributed by atoms with van der Waals surface area (Å²) in [5, 5.41) is 12.4. The quantitative estimate of drug-likeness (QED) is 0.192. The van der Waals surface area contributed by atoms with Crippen molar-refractivity contribution in [1.82, 2.24) is 0 Å². The van der Waals surface area contributed by atoms with Crippen LogP contribution in [0.1, 0.15) is 26.3 Å². The van der Waals surface area contributed by atoms with Crippen LogP contribution in [0, 0.1) is 0 Å². The van der Waals surface area contributed by atoms with Crippen LogP contribution >= 0.6 is 23.2 Å². The molecule has 0 aliphatic heterocycles. The smallest absolute Gasteiger partial charge is 0.319 e. The van der Waals surface area contributed by atoms with Gasteiger partial charge in [-0.15, -0.1) is 0 Å². The minimum atomic E-state index is -2.71. The zero-order chi connectivity index (χ0) is 25.8. The Morgan fingerprint density at radius 3 is 1.72 bits per heavy atom. The van der Waals surface area contributed by atoms with Crippen LogP contribution in [0.5, 0.6) is 5.75 Å². The average Bonchev–Trinajstić information content (AvgIpc) is 2.87. The molecule has 0 fully saturated rings. The van der Waals surface area contributed by atoms with Crippen molar-refractivity contribution in [2.45, 2.75) is 32.2 Å². The Balaban J connectivity index is 1.75. The van der Waals surface area contributed by atoms with Crippen molar-refractivity contribution >= 4 is 41.9 Å². The molecule has 4 aromatic carbocycles. The fourth-order valence-corrected chi connectivity index (χ4v) is 9.89. The Kier molecular flexibility index (Phi) is 7.94. The number of benzene rings is 4. The molecule has 0 aliphatic rings. The molecule has 184 valence electrons. The van der Waals surface area contributed by atoms with Crippen molar-refractivity contribution in [2.75, 3.05) is 0 Å². The van der Waals surface area contributed by atoms with Gasteiger partial charge < -0.3 is 9.53 Å². The molecule has 4 aromatic rings. The van der Waals surface area contributed by atoms with Gasteiger partial charge in [-0.25, -0.2) is 0 Å². The van der Waals surface area contributed by atoms with E-state index < -0.39 is 8.32 Å². The normalized spacial score (nSPS) is 12.1. The molecule has 4 rings (SSSR count). The zero-order valence-corrected chi connectivity index (χ0v) is 23.2. The summed E-state index contributed by atoms with van der Waals surface area (Å²) >= 11 is 13.2. The fourth-order valence-electron chi connectivity index (χ4n) is 4.72. The van der Waals surface area contributed by atoms with Crippen molar-refractivity contribution in [3.05, 3.63) is 125 Å². The van der Waals surface area contributed by atoms with E-state index in [1.807, 2.05) is 48.5 Å². The summed E-state index contributed by atoms with van der Waals surface area (Å²) in [5.41, 5.74) is 2.64. The van der Waals surface area contributed by atoms with Gasteiger partial charge in [0, 0.05) is 5.56 Å². The highest BCUT2D eigenvalue weighted by Gasteiger charge is 2.52. The Morgan fingerprint density at radius 1 is 0.778 bits per heavy atom. The molecular weight excluding hydrogens is 503 g/mol. The van der Waals surface area contributed by atoms with E-state index in [-0.39, 0.29) is 5.04 Å². The number of hydrogen-bond donors (Lipinski definition) is 1. The van der Waals surface area contributed by atoms with Crippen LogP contribution in [-0.4, -0.2) is 13.4 Å². The van der Waals surface area contributed by atoms with Gasteiger partial charge in [-0.05, 0) is 63.3 Å². The summed E-state index contributed by atoms with van der Waals surface area (Å²) in [7, 11) is -2.71. The lowest BCUT2D eigenvalue weighted by Crippen LogP contribution is -2.68. The summed E-state index contributed by atoms with van der Waals surface area (Å²) < 4.78 is 7.10. The molecule has 0 aliphatic carbocycles. The lowest BCUT2D eigenvalue weighted by molar-refractivity contribution is 0.471. The second kappa shape index (κ2) is 11.0. The van der Waals surface area contributed by atoms with Gasteiger partial charge in [0.2, 0.25) is 0 Å². The Morgan fingerprint density at radius 2 is 1.28 bits per heavy atom. The Hall–Kier alpha value is -2.98. The van der Waals surface area contributed by atoms with E-state index in [9.17, 15) is 0 Å². The van der Waals surface area contributed by atoms with Crippen LogP contribution in [0.4, 0.5) is 0 Å². The number of allylic oxidation sites excluding steroid dienone is 1. The summed E-state index contributed by atoms with van der Waals surface area (Å²) in [4.78, 5) is 0. The lowest BCUT2D eigenvalue weighted by Gasteiger charge is -2.43. The van der Waals surface area contributed by atoms with Crippen LogP contribution in [0.3, 0.4) is 0 Å². The lowest BCUT2D eigenvalue weighted by atomic mass is 10.0. The predicted octanol–water partition coefficient (Wildman–Crippen LogP) is 8.21. The maximum Gasteiger partial charge on any atom is 0.319 e. The van der Waals surface area contributed by atoms with E-state index in [2.05, 4.69) is 69.3 Å². The highest BCUT2D eigenvalue weighted by molar-refractivity contribution is 7.00. The minimum Gasteiger partial charge on any atom is -0.534 e.